The van der Waals surface area contributed by atoms with E-state index in [-0.39, 0.29) is 5.56 Å². The fourth-order valence-corrected chi connectivity index (χ4v) is 3.14. The van der Waals surface area contributed by atoms with Crippen molar-refractivity contribution in [3.63, 3.8) is 0 Å². The average Bonchev–Trinajstić information content (AvgIpc) is 2.78. The van der Waals surface area contributed by atoms with Crippen LogP contribution in [0.25, 0.3) is 0 Å². The first-order valence-corrected chi connectivity index (χ1v) is 8.03. The second-order valence-electron chi connectivity index (χ2n) is 4.86. The van der Waals surface area contributed by atoms with Gasteiger partial charge < -0.3 is 24.8 Å². The molecule has 5 atom stereocenters. The van der Waals surface area contributed by atoms with Crippen molar-refractivity contribution in [2.75, 3.05) is 18.1 Å². The van der Waals surface area contributed by atoms with Crippen LogP contribution >= 0.6 is 22.6 Å². The normalized spacial score (nSPS) is 29.7. The van der Waals surface area contributed by atoms with Crippen molar-refractivity contribution in [3.8, 4) is 0 Å². The summed E-state index contributed by atoms with van der Waals surface area (Å²) < 4.78 is 11.9. The number of hydrogen-bond donors (Lipinski definition) is 4. The van der Waals surface area contributed by atoms with Gasteiger partial charge in [0.1, 0.15) is 18.3 Å². The van der Waals surface area contributed by atoms with Gasteiger partial charge >= 0.3 is 5.69 Å². The molecule has 1 unspecified atom stereocenters. The van der Waals surface area contributed by atoms with E-state index in [0.29, 0.717) is 4.43 Å². The largest absolute Gasteiger partial charge is 0.394 e. The lowest BCUT2D eigenvalue weighted by molar-refractivity contribution is -0.0553. The van der Waals surface area contributed by atoms with Gasteiger partial charge in [0.2, 0.25) is 0 Å². The Balaban J connectivity index is 2.46. The van der Waals surface area contributed by atoms with Crippen LogP contribution in [0.15, 0.2) is 15.8 Å². The Labute approximate surface area is 138 Å². The third-order valence-electron chi connectivity index (χ3n) is 3.56. The van der Waals surface area contributed by atoms with Crippen molar-refractivity contribution in [1.29, 1.82) is 0 Å². The molecule has 0 aliphatic carbocycles. The molecule has 0 saturated carbocycles. The molecule has 1 aromatic rings. The van der Waals surface area contributed by atoms with Gasteiger partial charge in [-0.25, -0.2) is 4.79 Å². The van der Waals surface area contributed by atoms with Crippen molar-refractivity contribution >= 4 is 22.6 Å². The average molecular weight is 428 g/mol. The third kappa shape index (κ3) is 3.12. The molecule has 9 nitrogen and oxygen atoms in total. The van der Waals surface area contributed by atoms with Crippen LogP contribution < -0.4 is 11.2 Å². The third-order valence-corrected chi connectivity index (χ3v) is 4.36. The van der Waals surface area contributed by atoms with Gasteiger partial charge in [0.25, 0.3) is 5.56 Å². The molecular formula is C12H17IN2O7. The number of ether oxygens (including phenoxy) is 2. The summed E-state index contributed by atoms with van der Waals surface area (Å²) >= 11 is 2.04. The smallest absolute Gasteiger partial charge is 0.330 e. The molecule has 0 bridgehead atoms. The summed E-state index contributed by atoms with van der Waals surface area (Å²) in [6.07, 6.45) is -4.25. The van der Waals surface area contributed by atoms with E-state index >= 15 is 0 Å². The van der Waals surface area contributed by atoms with Crippen LogP contribution in [0.3, 0.4) is 0 Å². The molecule has 1 aliphatic heterocycles. The number of hydrogen-bond acceptors (Lipinski definition) is 7. The Morgan fingerprint density at radius 2 is 2.14 bits per heavy atom. The number of H-pyrrole nitrogens is 1. The van der Waals surface area contributed by atoms with E-state index in [9.17, 15) is 19.8 Å². The Morgan fingerprint density at radius 1 is 1.45 bits per heavy atom. The topological polar surface area (TPSA) is 134 Å². The van der Waals surface area contributed by atoms with E-state index in [4.69, 9.17) is 14.6 Å². The van der Waals surface area contributed by atoms with Gasteiger partial charge in [0.15, 0.2) is 6.23 Å². The molecule has 1 aromatic heterocycles. The summed E-state index contributed by atoms with van der Waals surface area (Å²) in [5, 5.41) is 28.8. The van der Waals surface area contributed by atoms with Crippen molar-refractivity contribution < 1.29 is 24.8 Å². The van der Waals surface area contributed by atoms with E-state index in [1.54, 1.807) is 0 Å². The van der Waals surface area contributed by atoms with Crippen LogP contribution in [0.1, 0.15) is 17.9 Å². The zero-order chi connectivity index (χ0) is 16.4. The van der Waals surface area contributed by atoms with Crippen LogP contribution in [0.4, 0.5) is 0 Å². The maximum atomic E-state index is 12.0. The molecule has 1 saturated heterocycles. The van der Waals surface area contributed by atoms with E-state index in [0.717, 1.165) is 4.57 Å². The number of halogens is 1. The standard InChI is InChI=1S/C12H17IN2O7/c1-21-6(2-13)5-3-15(12(20)14-10(5)19)11-9(18)8(17)7(4-16)22-11/h3,6-9,11,16-18H,2,4H2,1H3,(H,14,19,20)/t6?,7-,8-,9+,11-/m1/s1. The van der Waals surface area contributed by atoms with E-state index < -0.39 is 48.5 Å². The van der Waals surface area contributed by atoms with Gasteiger partial charge in [0, 0.05) is 17.7 Å². The highest BCUT2D eigenvalue weighted by Crippen LogP contribution is 2.28. The summed E-state index contributed by atoms with van der Waals surface area (Å²) in [5.74, 6) is 0. The summed E-state index contributed by atoms with van der Waals surface area (Å²) in [6, 6.07) is 0. The van der Waals surface area contributed by atoms with Crippen molar-refractivity contribution in [3.05, 3.63) is 32.6 Å². The van der Waals surface area contributed by atoms with Crippen LogP contribution in [0.5, 0.6) is 0 Å². The number of methoxy groups -OCH3 is 1. The number of nitrogens with one attached hydrogen (secondary N) is 1. The number of nitrogens with zero attached hydrogens (tertiary/aromatic N) is 1. The fraction of sp³-hybridized carbons (Fsp3) is 0.667. The molecule has 4 N–H and O–H groups in total. The van der Waals surface area contributed by atoms with Gasteiger partial charge in [-0.05, 0) is 0 Å². The predicted molar refractivity (Wildman–Crippen MR) is 83.0 cm³/mol. The minimum absolute atomic E-state index is 0.203. The molecular weight excluding hydrogens is 411 g/mol. The van der Waals surface area contributed by atoms with E-state index in [1.807, 2.05) is 22.6 Å². The molecule has 0 amide bonds. The number of aromatic amines is 1. The predicted octanol–water partition coefficient (Wildman–Crippen LogP) is -1.73. The second kappa shape index (κ2) is 7.19. The lowest BCUT2D eigenvalue weighted by Gasteiger charge is -2.19. The highest BCUT2D eigenvalue weighted by molar-refractivity contribution is 14.1. The molecule has 0 aromatic carbocycles. The van der Waals surface area contributed by atoms with Crippen molar-refractivity contribution in [2.45, 2.75) is 30.6 Å². The molecule has 124 valence electrons. The first-order valence-electron chi connectivity index (χ1n) is 6.51. The van der Waals surface area contributed by atoms with Crippen LogP contribution in [0.2, 0.25) is 0 Å². The Kier molecular flexibility index (Phi) is 5.74. The van der Waals surface area contributed by atoms with Crippen LogP contribution in [-0.4, -0.2) is 61.3 Å². The van der Waals surface area contributed by atoms with Gasteiger partial charge in [0.05, 0.1) is 18.3 Å². The molecule has 1 fully saturated rings. The number of aliphatic hydroxyl groups excluding tert-OH is 3. The Hall–Kier alpha value is -0.790. The fourth-order valence-electron chi connectivity index (χ4n) is 2.30. The Morgan fingerprint density at radius 3 is 2.64 bits per heavy atom. The van der Waals surface area contributed by atoms with Crippen LogP contribution in [0, 0.1) is 0 Å². The monoisotopic (exact) mass is 428 g/mol. The lowest BCUT2D eigenvalue weighted by Crippen LogP contribution is -2.39. The van der Waals surface area contributed by atoms with E-state index in [1.165, 1.54) is 13.3 Å². The molecule has 2 heterocycles. The zero-order valence-electron chi connectivity index (χ0n) is 11.7. The number of aromatic nitrogens is 2. The molecule has 0 radical (unpaired) electrons. The van der Waals surface area contributed by atoms with Crippen molar-refractivity contribution in [2.24, 2.45) is 0 Å². The Bertz CT molecular complexity index is 627. The maximum Gasteiger partial charge on any atom is 0.330 e. The summed E-state index contributed by atoms with van der Waals surface area (Å²) in [6.45, 7) is -0.506. The first-order chi connectivity index (χ1) is 10.4. The first kappa shape index (κ1) is 17.6. The highest BCUT2D eigenvalue weighted by Gasteiger charge is 2.44. The van der Waals surface area contributed by atoms with Gasteiger partial charge in [-0.1, -0.05) is 22.6 Å². The summed E-state index contributed by atoms with van der Waals surface area (Å²) in [5.41, 5.74) is -1.17. The second-order valence-corrected chi connectivity index (χ2v) is 5.74. The van der Waals surface area contributed by atoms with Crippen molar-refractivity contribution in [1.82, 2.24) is 9.55 Å². The van der Waals surface area contributed by atoms with Gasteiger partial charge in [-0.2, -0.15) is 0 Å². The molecule has 22 heavy (non-hydrogen) atoms. The number of aliphatic hydroxyl groups is 3. The highest BCUT2D eigenvalue weighted by atomic mass is 127. The quantitative estimate of drug-likeness (QED) is 0.324. The SMILES string of the molecule is COC(CI)c1cn([C@@H]2O[C@H](CO)[C@@H](O)[C@@H]2O)c(=O)[nH]c1=O. The minimum atomic E-state index is -1.41. The van der Waals surface area contributed by atoms with Gasteiger partial charge in [-0.15, -0.1) is 0 Å². The lowest BCUT2D eigenvalue weighted by atomic mass is 10.1. The summed E-state index contributed by atoms with van der Waals surface area (Å²) in [4.78, 5) is 26.0. The minimum Gasteiger partial charge on any atom is -0.394 e. The summed E-state index contributed by atoms with van der Waals surface area (Å²) in [7, 11) is 1.44. The van der Waals surface area contributed by atoms with E-state index in [2.05, 4.69) is 4.98 Å². The molecule has 2 rings (SSSR count). The van der Waals surface area contributed by atoms with Crippen LogP contribution in [-0.2, 0) is 9.47 Å². The zero-order valence-corrected chi connectivity index (χ0v) is 13.8. The number of alkyl halides is 1. The van der Waals surface area contributed by atoms with Gasteiger partial charge in [-0.3, -0.25) is 14.3 Å². The molecule has 10 heteroatoms. The molecule has 0 spiro atoms. The molecule has 1 aliphatic rings. The number of rotatable bonds is 5. The maximum absolute atomic E-state index is 12.0.